The first-order chi connectivity index (χ1) is 10.2. The van der Waals surface area contributed by atoms with Crippen LogP contribution in [0.1, 0.15) is 23.8 Å². The van der Waals surface area contributed by atoms with E-state index in [9.17, 15) is 4.79 Å². The van der Waals surface area contributed by atoms with Crippen LogP contribution in [0.4, 0.5) is 4.79 Å². The van der Waals surface area contributed by atoms with Crippen LogP contribution in [0, 0.1) is 0 Å². The molecule has 112 valence electrons. The maximum Gasteiger partial charge on any atom is 0.404 e. The minimum Gasteiger partial charge on any atom is -0.465 e. The number of carboxylic acid groups (broad SMARTS) is 1. The van der Waals surface area contributed by atoms with Gasteiger partial charge in [0.2, 0.25) is 0 Å². The fraction of sp³-hybridized carbons (Fsp3) is 0.333. The van der Waals surface area contributed by atoms with Crippen LogP contribution in [0.3, 0.4) is 0 Å². The largest absolute Gasteiger partial charge is 0.465 e. The summed E-state index contributed by atoms with van der Waals surface area (Å²) in [5.74, 6) is 0. The minimum absolute atomic E-state index is 0.205. The van der Waals surface area contributed by atoms with Crippen molar-refractivity contribution in [1.29, 1.82) is 0 Å². The summed E-state index contributed by atoms with van der Waals surface area (Å²) in [6.07, 6.45) is 1.14. The third kappa shape index (κ3) is 4.32. The Hall–Kier alpha value is -2.34. The molecule has 0 fully saturated rings. The van der Waals surface area contributed by atoms with Crippen LogP contribution in [0.25, 0.3) is 0 Å². The summed E-state index contributed by atoms with van der Waals surface area (Å²) in [5.41, 5.74) is 2.01. The lowest BCUT2D eigenvalue weighted by molar-refractivity contribution is 0.0729. The van der Waals surface area contributed by atoms with E-state index in [0.717, 1.165) is 11.3 Å². The summed E-state index contributed by atoms with van der Waals surface area (Å²) < 4.78 is 7.73. The van der Waals surface area contributed by atoms with Crippen molar-refractivity contribution in [1.82, 2.24) is 15.1 Å². The standard InChI is InChI=1S/C15H19N3O3/c1-18-13(8-10-17-18)14(12-6-3-2-4-7-12)21-11-5-9-16-15(19)20/h2-4,6-8,10,14,16H,5,9,11H2,1H3,(H,19,20). The summed E-state index contributed by atoms with van der Waals surface area (Å²) in [7, 11) is 1.88. The molecule has 1 heterocycles. The summed E-state index contributed by atoms with van der Waals surface area (Å²) in [6, 6.07) is 11.8. The van der Waals surface area contributed by atoms with Crippen molar-refractivity contribution in [2.24, 2.45) is 7.05 Å². The van der Waals surface area contributed by atoms with E-state index in [4.69, 9.17) is 9.84 Å². The Kier molecular flexibility index (Phi) is 5.34. The van der Waals surface area contributed by atoms with Crippen LogP contribution < -0.4 is 5.32 Å². The van der Waals surface area contributed by atoms with Gasteiger partial charge in [0.15, 0.2) is 0 Å². The summed E-state index contributed by atoms with van der Waals surface area (Å²) in [6.45, 7) is 0.841. The van der Waals surface area contributed by atoms with Gasteiger partial charge in [-0.2, -0.15) is 5.10 Å². The van der Waals surface area contributed by atoms with Gasteiger partial charge in [-0.1, -0.05) is 30.3 Å². The predicted octanol–water partition coefficient (Wildman–Crippen LogP) is 2.18. The van der Waals surface area contributed by atoms with Crippen molar-refractivity contribution < 1.29 is 14.6 Å². The molecule has 0 saturated heterocycles. The van der Waals surface area contributed by atoms with Crippen molar-refractivity contribution in [2.45, 2.75) is 12.5 Å². The van der Waals surface area contributed by atoms with Crippen molar-refractivity contribution in [3.63, 3.8) is 0 Å². The van der Waals surface area contributed by atoms with E-state index < -0.39 is 6.09 Å². The van der Waals surface area contributed by atoms with E-state index in [0.29, 0.717) is 19.6 Å². The Bertz CT molecular complexity index is 569. The first kappa shape index (κ1) is 15.1. The molecule has 0 aliphatic heterocycles. The van der Waals surface area contributed by atoms with Crippen LogP contribution >= 0.6 is 0 Å². The molecule has 0 radical (unpaired) electrons. The van der Waals surface area contributed by atoms with E-state index in [1.807, 2.05) is 43.4 Å². The predicted molar refractivity (Wildman–Crippen MR) is 78.1 cm³/mol. The second-order valence-corrected chi connectivity index (χ2v) is 4.63. The zero-order chi connectivity index (χ0) is 15.1. The molecule has 1 atom stereocenters. The minimum atomic E-state index is -1.01. The van der Waals surface area contributed by atoms with Gasteiger partial charge >= 0.3 is 6.09 Å². The Morgan fingerprint density at radius 1 is 1.38 bits per heavy atom. The number of aryl methyl sites for hydroxylation is 1. The number of nitrogens with one attached hydrogen (secondary N) is 1. The van der Waals surface area contributed by atoms with E-state index >= 15 is 0 Å². The molecule has 2 aromatic rings. The zero-order valence-electron chi connectivity index (χ0n) is 11.9. The highest BCUT2D eigenvalue weighted by molar-refractivity contribution is 5.64. The summed E-state index contributed by atoms with van der Waals surface area (Å²) in [5, 5.41) is 15.0. The average Bonchev–Trinajstić information content (AvgIpc) is 2.89. The SMILES string of the molecule is Cn1nccc1C(OCCCNC(=O)O)c1ccccc1. The number of hydrogen-bond acceptors (Lipinski definition) is 3. The molecule has 0 spiro atoms. The molecule has 0 saturated carbocycles. The number of hydrogen-bond donors (Lipinski definition) is 2. The molecule has 0 aliphatic carbocycles. The Labute approximate surface area is 123 Å². The quantitative estimate of drug-likeness (QED) is 0.766. The molecular weight excluding hydrogens is 270 g/mol. The van der Waals surface area contributed by atoms with Gasteiger partial charge in [-0.15, -0.1) is 0 Å². The van der Waals surface area contributed by atoms with Crippen molar-refractivity contribution in [3.8, 4) is 0 Å². The maximum atomic E-state index is 10.4. The molecule has 6 nitrogen and oxygen atoms in total. The Morgan fingerprint density at radius 3 is 2.76 bits per heavy atom. The van der Waals surface area contributed by atoms with Crippen LogP contribution in [0.2, 0.25) is 0 Å². The number of carbonyl (C=O) groups is 1. The van der Waals surface area contributed by atoms with Gasteiger partial charge in [0.25, 0.3) is 0 Å². The molecule has 2 rings (SSSR count). The number of nitrogens with zero attached hydrogens (tertiary/aromatic N) is 2. The lowest BCUT2D eigenvalue weighted by Crippen LogP contribution is -2.23. The second-order valence-electron chi connectivity index (χ2n) is 4.63. The third-order valence-electron chi connectivity index (χ3n) is 3.11. The van der Waals surface area contributed by atoms with Crippen LogP contribution in [-0.4, -0.2) is 34.1 Å². The number of amides is 1. The molecular formula is C15H19N3O3. The van der Waals surface area contributed by atoms with Gasteiger partial charge in [0.1, 0.15) is 6.10 Å². The molecule has 21 heavy (non-hydrogen) atoms. The summed E-state index contributed by atoms with van der Waals surface area (Å²) >= 11 is 0. The van der Waals surface area contributed by atoms with Crippen molar-refractivity contribution in [3.05, 3.63) is 53.9 Å². The van der Waals surface area contributed by atoms with Gasteiger partial charge < -0.3 is 15.2 Å². The zero-order valence-corrected chi connectivity index (χ0v) is 11.9. The monoisotopic (exact) mass is 289 g/mol. The highest BCUT2D eigenvalue weighted by atomic mass is 16.5. The van der Waals surface area contributed by atoms with Gasteiger partial charge in [-0.25, -0.2) is 4.79 Å². The first-order valence-electron chi connectivity index (χ1n) is 6.79. The highest BCUT2D eigenvalue weighted by Gasteiger charge is 2.17. The number of rotatable bonds is 7. The average molecular weight is 289 g/mol. The van der Waals surface area contributed by atoms with E-state index in [1.165, 1.54) is 0 Å². The van der Waals surface area contributed by atoms with E-state index in [1.54, 1.807) is 10.9 Å². The fourth-order valence-electron chi connectivity index (χ4n) is 2.09. The number of benzene rings is 1. The topological polar surface area (TPSA) is 76.4 Å². The van der Waals surface area contributed by atoms with Gasteiger partial charge in [0, 0.05) is 26.4 Å². The first-order valence-corrected chi connectivity index (χ1v) is 6.79. The highest BCUT2D eigenvalue weighted by Crippen LogP contribution is 2.25. The molecule has 0 bridgehead atoms. The number of ether oxygens (including phenoxy) is 1. The Morgan fingerprint density at radius 2 is 2.14 bits per heavy atom. The van der Waals surface area contributed by atoms with Crippen LogP contribution in [0.5, 0.6) is 0 Å². The normalized spacial score (nSPS) is 12.0. The van der Waals surface area contributed by atoms with Gasteiger partial charge in [0.05, 0.1) is 5.69 Å². The molecule has 1 aromatic carbocycles. The molecule has 1 aromatic heterocycles. The lowest BCUT2D eigenvalue weighted by atomic mass is 10.1. The van der Waals surface area contributed by atoms with Crippen molar-refractivity contribution >= 4 is 6.09 Å². The fourth-order valence-corrected chi connectivity index (χ4v) is 2.09. The smallest absolute Gasteiger partial charge is 0.404 e. The molecule has 2 N–H and O–H groups in total. The summed E-state index contributed by atoms with van der Waals surface area (Å²) in [4.78, 5) is 10.4. The van der Waals surface area contributed by atoms with Gasteiger partial charge in [-0.3, -0.25) is 4.68 Å². The van der Waals surface area contributed by atoms with Crippen molar-refractivity contribution in [2.75, 3.05) is 13.2 Å². The Balaban J connectivity index is 2.00. The van der Waals surface area contributed by atoms with Crippen LogP contribution in [-0.2, 0) is 11.8 Å². The van der Waals surface area contributed by atoms with E-state index in [-0.39, 0.29) is 6.10 Å². The maximum absolute atomic E-state index is 10.4. The molecule has 1 unspecified atom stereocenters. The number of aromatic nitrogens is 2. The van der Waals surface area contributed by atoms with E-state index in [2.05, 4.69) is 10.4 Å². The van der Waals surface area contributed by atoms with Gasteiger partial charge in [-0.05, 0) is 18.1 Å². The lowest BCUT2D eigenvalue weighted by Gasteiger charge is -2.18. The molecule has 6 heteroatoms. The molecule has 0 aliphatic rings. The second kappa shape index (κ2) is 7.44. The third-order valence-corrected chi connectivity index (χ3v) is 3.11. The van der Waals surface area contributed by atoms with Crippen LogP contribution in [0.15, 0.2) is 42.6 Å². The molecule has 1 amide bonds.